The number of anilines is 1. The first-order valence-corrected chi connectivity index (χ1v) is 6.43. The standard InChI is InChI=1S/C13H14BrNO2/c1-3-11(17-4-2)12-9-7-8(14)5-6-10(9)15-13(12)16/h5-7H,3-4H2,1-2H3,(H,15,16)/b12-11-. The van der Waals surface area contributed by atoms with E-state index >= 15 is 0 Å². The van der Waals surface area contributed by atoms with Crippen molar-refractivity contribution in [3.8, 4) is 0 Å². The Morgan fingerprint density at radius 3 is 2.82 bits per heavy atom. The van der Waals surface area contributed by atoms with Gasteiger partial charge >= 0.3 is 0 Å². The molecule has 0 saturated carbocycles. The smallest absolute Gasteiger partial charge is 0.259 e. The van der Waals surface area contributed by atoms with E-state index in [9.17, 15) is 4.79 Å². The fourth-order valence-corrected chi connectivity index (χ4v) is 2.30. The summed E-state index contributed by atoms with van der Waals surface area (Å²) in [6.07, 6.45) is 0.711. The van der Waals surface area contributed by atoms with Crippen molar-refractivity contribution >= 4 is 33.1 Å². The van der Waals surface area contributed by atoms with Gasteiger partial charge in [-0.15, -0.1) is 0 Å². The number of halogens is 1. The molecule has 3 nitrogen and oxygen atoms in total. The SMILES string of the molecule is CCO/C(CC)=C1\C(=O)Nc2ccc(Br)cc21. The molecule has 2 rings (SSSR count). The van der Waals surface area contributed by atoms with Crippen molar-refractivity contribution in [1.29, 1.82) is 0 Å². The lowest BCUT2D eigenvalue weighted by molar-refractivity contribution is -0.111. The lowest BCUT2D eigenvalue weighted by atomic mass is 10.1. The molecule has 0 atom stereocenters. The van der Waals surface area contributed by atoms with E-state index in [1.165, 1.54) is 0 Å². The van der Waals surface area contributed by atoms with E-state index in [0.29, 0.717) is 18.6 Å². The minimum Gasteiger partial charge on any atom is -0.497 e. The summed E-state index contributed by atoms with van der Waals surface area (Å²) in [5.41, 5.74) is 2.42. The molecule has 1 aliphatic rings. The molecular weight excluding hydrogens is 282 g/mol. The minimum absolute atomic E-state index is 0.0802. The normalized spacial score (nSPS) is 16.5. The zero-order valence-corrected chi connectivity index (χ0v) is 11.4. The van der Waals surface area contributed by atoms with Crippen LogP contribution in [0.15, 0.2) is 28.4 Å². The molecule has 1 N–H and O–H groups in total. The van der Waals surface area contributed by atoms with Crippen molar-refractivity contribution in [2.45, 2.75) is 20.3 Å². The Bertz CT molecular complexity index is 494. The summed E-state index contributed by atoms with van der Waals surface area (Å²) in [7, 11) is 0. The summed E-state index contributed by atoms with van der Waals surface area (Å²) in [5, 5.41) is 2.85. The van der Waals surface area contributed by atoms with E-state index in [0.717, 1.165) is 21.5 Å². The highest BCUT2D eigenvalue weighted by Crippen LogP contribution is 2.36. The van der Waals surface area contributed by atoms with Crippen LogP contribution in [0.1, 0.15) is 25.8 Å². The molecule has 0 saturated heterocycles. The molecule has 1 aromatic carbocycles. The first-order chi connectivity index (χ1) is 8.17. The maximum absolute atomic E-state index is 12.0. The molecule has 0 spiro atoms. The Kier molecular flexibility index (Phi) is 3.52. The van der Waals surface area contributed by atoms with Crippen molar-refractivity contribution < 1.29 is 9.53 Å². The zero-order chi connectivity index (χ0) is 12.4. The fourth-order valence-electron chi connectivity index (χ4n) is 1.94. The molecule has 1 aliphatic heterocycles. The molecule has 4 heteroatoms. The van der Waals surface area contributed by atoms with Crippen LogP contribution < -0.4 is 5.32 Å². The second kappa shape index (κ2) is 4.92. The molecule has 0 radical (unpaired) electrons. The zero-order valence-electron chi connectivity index (χ0n) is 9.84. The molecule has 90 valence electrons. The molecule has 0 bridgehead atoms. The number of hydrogen-bond acceptors (Lipinski definition) is 2. The van der Waals surface area contributed by atoms with E-state index in [2.05, 4.69) is 21.2 Å². The molecular formula is C13H14BrNO2. The third kappa shape index (κ3) is 2.22. The molecule has 0 unspecified atom stereocenters. The van der Waals surface area contributed by atoms with E-state index < -0.39 is 0 Å². The molecule has 1 aromatic rings. The first kappa shape index (κ1) is 12.2. The molecule has 1 amide bonds. The lowest BCUT2D eigenvalue weighted by Gasteiger charge is -2.09. The van der Waals surface area contributed by atoms with Crippen molar-refractivity contribution in [1.82, 2.24) is 0 Å². The highest BCUT2D eigenvalue weighted by Gasteiger charge is 2.27. The van der Waals surface area contributed by atoms with Gasteiger partial charge in [0.2, 0.25) is 0 Å². The molecule has 0 aromatic heterocycles. The van der Waals surface area contributed by atoms with Crippen LogP contribution in [0, 0.1) is 0 Å². The van der Waals surface area contributed by atoms with Crippen LogP contribution in [-0.4, -0.2) is 12.5 Å². The Hall–Kier alpha value is -1.29. The number of ether oxygens (including phenoxy) is 1. The number of carbonyl (C=O) groups excluding carboxylic acids is 1. The maximum Gasteiger partial charge on any atom is 0.259 e. The van der Waals surface area contributed by atoms with Crippen LogP contribution in [0.2, 0.25) is 0 Å². The Labute approximate surface area is 109 Å². The minimum atomic E-state index is -0.0802. The van der Waals surface area contributed by atoms with Gasteiger partial charge in [0.05, 0.1) is 12.2 Å². The molecule has 0 aliphatic carbocycles. The van der Waals surface area contributed by atoms with Crippen LogP contribution in [0.4, 0.5) is 5.69 Å². The average molecular weight is 296 g/mol. The lowest BCUT2D eigenvalue weighted by Crippen LogP contribution is -2.07. The number of amides is 1. The largest absolute Gasteiger partial charge is 0.497 e. The van der Waals surface area contributed by atoms with Gasteiger partial charge in [0.1, 0.15) is 5.76 Å². The highest BCUT2D eigenvalue weighted by atomic mass is 79.9. The number of hydrogen-bond donors (Lipinski definition) is 1. The summed E-state index contributed by atoms with van der Waals surface area (Å²) >= 11 is 3.42. The predicted molar refractivity (Wildman–Crippen MR) is 71.6 cm³/mol. The van der Waals surface area contributed by atoms with Gasteiger partial charge in [-0.2, -0.15) is 0 Å². The van der Waals surface area contributed by atoms with Crippen LogP contribution in [0.5, 0.6) is 0 Å². The van der Waals surface area contributed by atoms with Gasteiger partial charge in [-0.05, 0) is 25.1 Å². The van der Waals surface area contributed by atoms with E-state index in [1.807, 2.05) is 32.0 Å². The number of allylic oxidation sites excluding steroid dienone is 1. The van der Waals surface area contributed by atoms with Crippen molar-refractivity contribution in [2.75, 3.05) is 11.9 Å². The summed E-state index contributed by atoms with van der Waals surface area (Å²) in [6, 6.07) is 5.75. The van der Waals surface area contributed by atoms with Crippen molar-refractivity contribution in [3.63, 3.8) is 0 Å². The van der Waals surface area contributed by atoms with E-state index in [4.69, 9.17) is 4.74 Å². The van der Waals surface area contributed by atoms with Crippen LogP contribution in [0.3, 0.4) is 0 Å². The van der Waals surface area contributed by atoms with E-state index in [1.54, 1.807) is 0 Å². The summed E-state index contributed by atoms with van der Waals surface area (Å²) in [4.78, 5) is 12.0. The quantitative estimate of drug-likeness (QED) is 0.684. The average Bonchev–Trinajstić information content (AvgIpc) is 2.62. The molecule has 0 fully saturated rings. The number of rotatable bonds is 3. The Balaban J connectivity index is 2.56. The predicted octanol–water partition coefficient (Wildman–Crippen LogP) is 3.56. The Morgan fingerprint density at radius 2 is 2.18 bits per heavy atom. The Morgan fingerprint density at radius 1 is 1.41 bits per heavy atom. The number of carbonyl (C=O) groups is 1. The van der Waals surface area contributed by atoms with Crippen molar-refractivity contribution in [2.24, 2.45) is 0 Å². The topological polar surface area (TPSA) is 38.3 Å². The summed E-state index contributed by atoms with van der Waals surface area (Å²) in [6.45, 7) is 4.48. The number of benzene rings is 1. The highest BCUT2D eigenvalue weighted by molar-refractivity contribution is 9.10. The second-order valence-corrected chi connectivity index (χ2v) is 4.64. The van der Waals surface area contributed by atoms with Gasteiger partial charge in [-0.1, -0.05) is 22.9 Å². The summed E-state index contributed by atoms with van der Waals surface area (Å²) < 4.78 is 6.50. The third-order valence-corrected chi connectivity index (χ3v) is 3.14. The maximum atomic E-state index is 12.0. The molecule has 1 heterocycles. The second-order valence-electron chi connectivity index (χ2n) is 3.73. The number of nitrogens with one attached hydrogen (secondary N) is 1. The van der Waals surface area contributed by atoms with Crippen LogP contribution in [0.25, 0.3) is 5.57 Å². The third-order valence-electron chi connectivity index (χ3n) is 2.64. The monoisotopic (exact) mass is 295 g/mol. The number of fused-ring (bicyclic) bond motifs is 1. The fraction of sp³-hybridized carbons (Fsp3) is 0.308. The van der Waals surface area contributed by atoms with Crippen LogP contribution >= 0.6 is 15.9 Å². The van der Waals surface area contributed by atoms with Gasteiger partial charge in [0, 0.05) is 22.1 Å². The van der Waals surface area contributed by atoms with Gasteiger partial charge in [0.15, 0.2) is 0 Å². The van der Waals surface area contributed by atoms with E-state index in [-0.39, 0.29) is 5.91 Å². The van der Waals surface area contributed by atoms with Gasteiger partial charge in [0.25, 0.3) is 5.91 Å². The van der Waals surface area contributed by atoms with Gasteiger partial charge < -0.3 is 10.1 Å². The van der Waals surface area contributed by atoms with Gasteiger partial charge in [-0.3, -0.25) is 4.79 Å². The van der Waals surface area contributed by atoms with Crippen LogP contribution in [-0.2, 0) is 9.53 Å². The van der Waals surface area contributed by atoms with Gasteiger partial charge in [-0.25, -0.2) is 0 Å². The summed E-state index contributed by atoms with van der Waals surface area (Å²) in [5.74, 6) is 0.672. The first-order valence-electron chi connectivity index (χ1n) is 5.64. The molecule has 17 heavy (non-hydrogen) atoms. The van der Waals surface area contributed by atoms with Crippen molar-refractivity contribution in [3.05, 3.63) is 34.0 Å².